The normalized spacial score (nSPS) is 13.5. The molecule has 244 valence electrons. The molecule has 0 radical (unpaired) electrons. The Kier molecular flexibility index (Phi) is 5.85. The van der Waals surface area contributed by atoms with Crippen LogP contribution in [0.15, 0.2) is 158 Å². The summed E-state index contributed by atoms with van der Waals surface area (Å²) in [6.45, 7) is -0.179. The third-order valence-electron chi connectivity index (χ3n) is 11.0. The molecule has 53 heavy (non-hydrogen) atoms. The van der Waals surface area contributed by atoms with Gasteiger partial charge in [-0.05, 0) is 57.0 Å². The lowest BCUT2D eigenvalue weighted by atomic mass is 9.29. The van der Waals surface area contributed by atoms with Gasteiger partial charge < -0.3 is 14.4 Å². The van der Waals surface area contributed by atoms with Crippen LogP contribution < -0.4 is 47.2 Å². The number of hydrogen-bond donors (Lipinski definition) is 0. The maximum atomic E-state index is 7.16. The van der Waals surface area contributed by atoms with Gasteiger partial charge in [0.15, 0.2) is 17.5 Å². The van der Waals surface area contributed by atoms with E-state index in [1.807, 2.05) is 72.8 Å². The number of aromatic nitrogens is 3. The molecule has 1 aromatic heterocycles. The van der Waals surface area contributed by atoms with Crippen LogP contribution in [0.3, 0.4) is 0 Å². The summed E-state index contributed by atoms with van der Waals surface area (Å²) in [6, 6.07) is 54.6. The molecule has 0 spiro atoms. The van der Waals surface area contributed by atoms with Crippen LogP contribution >= 0.6 is 0 Å². The van der Waals surface area contributed by atoms with Crippen molar-refractivity contribution >= 4 is 63.3 Å². The number of hydrogen-bond acceptors (Lipinski definition) is 6. The second-order valence-corrected chi connectivity index (χ2v) is 13.8. The fourth-order valence-corrected chi connectivity index (χ4v) is 8.89. The Labute approximate surface area is 306 Å². The molecule has 8 heteroatoms. The number of rotatable bonds is 3. The largest absolute Gasteiger partial charge is 0.457 e. The fourth-order valence-electron chi connectivity index (χ4n) is 8.89. The summed E-state index contributed by atoms with van der Waals surface area (Å²) in [5.41, 5.74) is 12.9. The van der Waals surface area contributed by atoms with Gasteiger partial charge in [-0.15, -0.1) is 0 Å². The molecule has 0 unspecified atom stereocenters. The van der Waals surface area contributed by atoms with E-state index in [0.717, 1.165) is 67.1 Å². The third-order valence-corrected chi connectivity index (χ3v) is 11.0. The van der Waals surface area contributed by atoms with Gasteiger partial charge in [0.1, 0.15) is 28.6 Å². The van der Waals surface area contributed by atoms with E-state index < -0.39 is 0 Å². The lowest BCUT2D eigenvalue weighted by molar-refractivity contribution is 0.468. The van der Waals surface area contributed by atoms with Crippen LogP contribution in [0.5, 0.6) is 23.0 Å². The minimum absolute atomic E-state index is 0.0893. The zero-order valence-corrected chi connectivity index (χ0v) is 28.3. The molecule has 4 aliphatic heterocycles. The van der Waals surface area contributed by atoms with E-state index in [1.54, 1.807) is 0 Å². The Balaban J connectivity index is 1.26. The van der Waals surface area contributed by atoms with Crippen molar-refractivity contribution < 1.29 is 9.47 Å². The number of ether oxygens (including phenoxy) is 2. The van der Waals surface area contributed by atoms with Crippen LogP contribution in [0, 0.1) is 0 Å². The molecule has 0 saturated carbocycles. The molecule has 0 bridgehead atoms. The summed E-state index contributed by atoms with van der Waals surface area (Å²) in [7, 11) is 0. The van der Waals surface area contributed by atoms with E-state index >= 15 is 0 Å². The molecule has 0 atom stereocenters. The number of para-hydroxylation sites is 4. The number of fused-ring (bicyclic) bond motifs is 10. The van der Waals surface area contributed by atoms with Crippen LogP contribution in [0.4, 0.5) is 17.1 Å². The van der Waals surface area contributed by atoms with E-state index in [0.29, 0.717) is 29.0 Å². The summed E-state index contributed by atoms with van der Waals surface area (Å²) in [6.07, 6.45) is 0. The van der Waals surface area contributed by atoms with Crippen LogP contribution in [-0.2, 0) is 0 Å². The standard InChI is InChI=1S/C45H26B2N4O2/c1-3-15-27(16-4-1)43-48-44(28-17-5-2-6-18-28)50-45(49-43)37-41-38-40-39-42(37)53-36-26-14-10-22-32(36)47(39)30-20-8-12-24-34(30)51(40)33-23-11-7-19-29(33)46(38)31-21-9-13-25-35(31)52-41/h1-26H. The van der Waals surface area contributed by atoms with E-state index in [4.69, 9.17) is 24.4 Å². The van der Waals surface area contributed by atoms with Crippen LogP contribution in [0.1, 0.15) is 0 Å². The lowest BCUT2D eigenvalue weighted by Crippen LogP contribution is -2.67. The molecule has 0 fully saturated rings. The second kappa shape index (κ2) is 10.8. The van der Waals surface area contributed by atoms with Crippen molar-refractivity contribution in [3.05, 3.63) is 158 Å². The van der Waals surface area contributed by atoms with Gasteiger partial charge in [-0.2, -0.15) is 0 Å². The van der Waals surface area contributed by atoms with Gasteiger partial charge in [0, 0.05) is 28.2 Å². The van der Waals surface area contributed by atoms with Gasteiger partial charge in [-0.1, -0.05) is 133 Å². The molecule has 0 aliphatic carbocycles. The molecule has 0 N–H and O–H groups in total. The topological polar surface area (TPSA) is 60.4 Å². The van der Waals surface area contributed by atoms with Gasteiger partial charge in [-0.3, -0.25) is 0 Å². The van der Waals surface area contributed by atoms with E-state index in [9.17, 15) is 0 Å². The van der Waals surface area contributed by atoms with Crippen molar-refractivity contribution in [3.8, 4) is 57.2 Å². The Morgan fingerprint density at radius 3 is 1.28 bits per heavy atom. The smallest absolute Gasteiger partial charge is 0.256 e. The first kappa shape index (κ1) is 28.7. The number of anilines is 3. The van der Waals surface area contributed by atoms with Crippen molar-refractivity contribution in [2.24, 2.45) is 0 Å². The molecule has 12 rings (SSSR count). The van der Waals surface area contributed by atoms with Crippen LogP contribution in [0.25, 0.3) is 34.2 Å². The van der Waals surface area contributed by atoms with Gasteiger partial charge in [0.2, 0.25) is 0 Å². The molecule has 0 saturated heterocycles. The predicted octanol–water partition coefficient (Wildman–Crippen LogP) is 6.21. The summed E-state index contributed by atoms with van der Waals surface area (Å²) in [5, 5.41) is 0. The highest BCUT2D eigenvalue weighted by Gasteiger charge is 2.52. The minimum atomic E-state index is -0.0893. The number of nitrogens with zero attached hydrogens (tertiary/aromatic N) is 4. The molecule has 0 amide bonds. The molecular weight excluding hydrogens is 650 g/mol. The van der Waals surface area contributed by atoms with Gasteiger partial charge >= 0.3 is 0 Å². The highest BCUT2D eigenvalue weighted by atomic mass is 16.5. The van der Waals surface area contributed by atoms with Crippen molar-refractivity contribution in [2.75, 3.05) is 4.90 Å². The zero-order chi connectivity index (χ0) is 34.6. The van der Waals surface area contributed by atoms with Gasteiger partial charge in [0.25, 0.3) is 13.4 Å². The monoisotopic (exact) mass is 676 g/mol. The van der Waals surface area contributed by atoms with Crippen molar-refractivity contribution in [3.63, 3.8) is 0 Å². The quantitative estimate of drug-likeness (QED) is 0.208. The summed E-state index contributed by atoms with van der Waals surface area (Å²) >= 11 is 0. The highest BCUT2D eigenvalue weighted by Crippen LogP contribution is 2.50. The number of benzene rings is 7. The van der Waals surface area contributed by atoms with Crippen LogP contribution in [-0.4, -0.2) is 28.4 Å². The SMILES string of the molecule is c1ccc(-c2nc(-c3ccccc3)nc(-c3c4c5c6c7c3Oc3ccccc3B7c3ccccc3N6c3ccccc3B5c3ccccc3O4)n2)cc1. The molecular formula is C45H26B2N4O2. The predicted molar refractivity (Wildman–Crippen MR) is 213 cm³/mol. The third kappa shape index (κ3) is 3.97. The zero-order valence-electron chi connectivity index (χ0n) is 28.3. The molecule has 8 aromatic rings. The average Bonchev–Trinajstić information content (AvgIpc) is 3.23. The lowest BCUT2D eigenvalue weighted by Gasteiger charge is -2.47. The Hall–Kier alpha value is -6.92. The second-order valence-electron chi connectivity index (χ2n) is 13.8. The summed E-state index contributed by atoms with van der Waals surface area (Å²) in [5.74, 6) is 4.71. The van der Waals surface area contributed by atoms with Gasteiger partial charge in [0.05, 0.1) is 0 Å². The van der Waals surface area contributed by atoms with Crippen molar-refractivity contribution in [2.45, 2.75) is 0 Å². The molecule has 4 aliphatic rings. The first-order valence-electron chi connectivity index (χ1n) is 17.9. The Morgan fingerprint density at radius 1 is 0.396 bits per heavy atom. The highest BCUT2D eigenvalue weighted by molar-refractivity contribution is 7.03. The average molecular weight is 676 g/mol. The molecule has 7 aromatic carbocycles. The molecule has 6 nitrogen and oxygen atoms in total. The van der Waals surface area contributed by atoms with Crippen molar-refractivity contribution in [1.82, 2.24) is 15.0 Å². The fraction of sp³-hybridized carbons (Fsp3) is 0. The Bertz CT molecular complexity index is 2650. The van der Waals surface area contributed by atoms with Crippen LogP contribution in [0.2, 0.25) is 0 Å². The first-order chi connectivity index (χ1) is 26.3. The maximum Gasteiger partial charge on any atom is 0.256 e. The van der Waals surface area contributed by atoms with E-state index in [-0.39, 0.29) is 13.4 Å². The van der Waals surface area contributed by atoms with Crippen molar-refractivity contribution in [1.29, 1.82) is 0 Å². The molecule has 5 heterocycles. The minimum Gasteiger partial charge on any atom is -0.457 e. The first-order valence-corrected chi connectivity index (χ1v) is 17.9. The Morgan fingerprint density at radius 2 is 0.792 bits per heavy atom. The van der Waals surface area contributed by atoms with E-state index in [1.165, 1.54) is 10.9 Å². The van der Waals surface area contributed by atoms with Gasteiger partial charge in [-0.25, -0.2) is 15.0 Å². The van der Waals surface area contributed by atoms with E-state index in [2.05, 4.69) is 89.8 Å². The summed E-state index contributed by atoms with van der Waals surface area (Å²) < 4.78 is 14.3. The summed E-state index contributed by atoms with van der Waals surface area (Å²) in [4.78, 5) is 18.0. The maximum absolute atomic E-state index is 7.16.